The van der Waals surface area contributed by atoms with Gasteiger partial charge in [-0.05, 0) is 43.4 Å². The molecule has 0 atom stereocenters. The standard InChI is InChI=1S/C18H28FN3O/c1-4-20-18(22-9-7-14(2)8-10-22)21-12-15-5-6-17(19)16(11-15)13-23-3/h5-6,11,14H,4,7-10,12-13H2,1-3H3,(H,20,21). The van der Waals surface area contributed by atoms with Crippen molar-refractivity contribution >= 4 is 5.96 Å². The van der Waals surface area contributed by atoms with Gasteiger partial charge in [-0.3, -0.25) is 0 Å². The lowest BCUT2D eigenvalue weighted by molar-refractivity contribution is 0.181. The largest absolute Gasteiger partial charge is 0.380 e. The Hall–Kier alpha value is -1.62. The Morgan fingerprint density at radius 3 is 2.78 bits per heavy atom. The van der Waals surface area contributed by atoms with Gasteiger partial charge in [-0.15, -0.1) is 0 Å². The van der Waals surface area contributed by atoms with E-state index in [0.717, 1.165) is 37.1 Å². The van der Waals surface area contributed by atoms with Crippen LogP contribution in [0, 0.1) is 11.7 Å². The molecule has 0 radical (unpaired) electrons. The summed E-state index contributed by atoms with van der Waals surface area (Å²) >= 11 is 0. The molecule has 0 spiro atoms. The number of nitrogens with one attached hydrogen (secondary N) is 1. The number of guanidine groups is 1. The van der Waals surface area contributed by atoms with Gasteiger partial charge in [0.15, 0.2) is 5.96 Å². The first-order valence-electron chi connectivity index (χ1n) is 8.43. The number of hydrogen-bond donors (Lipinski definition) is 1. The van der Waals surface area contributed by atoms with Crippen LogP contribution in [0.1, 0.15) is 37.8 Å². The molecule has 1 aliphatic heterocycles. The number of piperidine rings is 1. The van der Waals surface area contributed by atoms with Gasteiger partial charge in [0.05, 0.1) is 13.2 Å². The Morgan fingerprint density at radius 2 is 2.13 bits per heavy atom. The molecule has 5 heteroatoms. The minimum atomic E-state index is -0.225. The van der Waals surface area contributed by atoms with Gasteiger partial charge < -0.3 is 15.0 Å². The summed E-state index contributed by atoms with van der Waals surface area (Å²) in [7, 11) is 1.57. The number of methoxy groups -OCH3 is 1. The van der Waals surface area contributed by atoms with Crippen LogP contribution in [0.3, 0.4) is 0 Å². The second-order valence-corrected chi connectivity index (χ2v) is 6.20. The van der Waals surface area contributed by atoms with Crippen molar-refractivity contribution in [1.82, 2.24) is 10.2 Å². The first-order chi connectivity index (χ1) is 11.1. The summed E-state index contributed by atoms with van der Waals surface area (Å²) in [6.07, 6.45) is 2.41. The number of rotatable bonds is 5. The van der Waals surface area contributed by atoms with Gasteiger partial charge in [0.1, 0.15) is 5.82 Å². The van der Waals surface area contributed by atoms with E-state index in [0.29, 0.717) is 12.1 Å². The molecule has 1 saturated heterocycles. The molecule has 0 aliphatic carbocycles. The number of ether oxygens (including phenoxy) is 1. The summed E-state index contributed by atoms with van der Waals surface area (Å²) in [4.78, 5) is 7.05. The first-order valence-corrected chi connectivity index (χ1v) is 8.43. The Morgan fingerprint density at radius 1 is 1.39 bits per heavy atom. The Bertz CT molecular complexity index is 525. The SMILES string of the molecule is CCNC(=NCc1ccc(F)c(COC)c1)N1CCC(C)CC1. The zero-order chi connectivity index (χ0) is 16.7. The molecule has 1 fully saturated rings. The molecule has 1 heterocycles. The fraction of sp³-hybridized carbons (Fsp3) is 0.611. The molecule has 128 valence electrons. The predicted octanol–water partition coefficient (Wildman–Crippen LogP) is 3.17. The molecular weight excluding hydrogens is 293 g/mol. The lowest BCUT2D eigenvalue weighted by Gasteiger charge is -2.33. The highest BCUT2D eigenvalue weighted by Gasteiger charge is 2.18. The van der Waals surface area contributed by atoms with Crippen molar-refractivity contribution in [3.05, 3.63) is 35.1 Å². The molecule has 1 aromatic rings. The summed E-state index contributed by atoms with van der Waals surface area (Å²) < 4.78 is 18.7. The molecule has 0 aromatic heterocycles. The van der Waals surface area contributed by atoms with Crippen LogP contribution in [0.5, 0.6) is 0 Å². The maximum Gasteiger partial charge on any atom is 0.194 e. The molecule has 0 bridgehead atoms. The fourth-order valence-electron chi connectivity index (χ4n) is 2.80. The van der Waals surface area contributed by atoms with Crippen LogP contribution in [-0.2, 0) is 17.9 Å². The Kier molecular flexibility index (Phi) is 6.84. The van der Waals surface area contributed by atoms with E-state index >= 15 is 0 Å². The van der Waals surface area contributed by atoms with E-state index in [-0.39, 0.29) is 12.4 Å². The molecule has 1 N–H and O–H groups in total. The Balaban J connectivity index is 2.06. The number of benzene rings is 1. The van der Waals surface area contributed by atoms with Crippen molar-refractivity contribution in [2.75, 3.05) is 26.7 Å². The normalized spacial score (nSPS) is 16.7. The van der Waals surface area contributed by atoms with E-state index in [2.05, 4.69) is 24.1 Å². The molecule has 4 nitrogen and oxygen atoms in total. The smallest absolute Gasteiger partial charge is 0.194 e. The molecule has 1 aromatic carbocycles. The van der Waals surface area contributed by atoms with Gasteiger partial charge in [-0.25, -0.2) is 9.38 Å². The summed E-state index contributed by atoms with van der Waals surface area (Å²) in [6.45, 7) is 8.16. The van der Waals surface area contributed by atoms with Crippen molar-refractivity contribution in [3.8, 4) is 0 Å². The molecule has 0 saturated carbocycles. The van der Waals surface area contributed by atoms with Gasteiger partial charge in [0.2, 0.25) is 0 Å². The van der Waals surface area contributed by atoms with Crippen molar-refractivity contribution in [1.29, 1.82) is 0 Å². The third-order valence-corrected chi connectivity index (χ3v) is 4.24. The highest BCUT2D eigenvalue weighted by Crippen LogP contribution is 2.17. The van der Waals surface area contributed by atoms with Crippen LogP contribution in [0.25, 0.3) is 0 Å². The number of halogens is 1. The number of aliphatic imine (C=N–C) groups is 1. The predicted molar refractivity (Wildman–Crippen MR) is 91.9 cm³/mol. The monoisotopic (exact) mass is 321 g/mol. The number of likely N-dealkylation sites (tertiary alicyclic amines) is 1. The van der Waals surface area contributed by atoms with E-state index in [1.807, 2.05) is 6.07 Å². The fourth-order valence-corrected chi connectivity index (χ4v) is 2.80. The van der Waals surface area contributed by atoms with Gasteiger partial charge in [0, 0.05) is 32.3 Å². The topological polar surface area (TPSA) is 36.9 Å². The average molecular weight is 321 g/mol. The van der Waals surface area contributed by atoms with Crippen LogP contribution in [0.2, 0.25) is 0 Å². The molecule has 0 unspecified atom stereocenters. The average Bonchev–Trinajstić information content (AvgIpc) is 2.55. The van der Waals surface area contributed by atoms with Crippen molar-refractivity contribution in [3.63, 3.8) is 0 Å². The molecule has 0 amide bonds. The number of nitrogens with zero attached hydrogens (tertiary/aromatic N) is 2. The number of hydrogen-bond acceptors (Lipinski definition) is 2. The summed E-state index contributed by atoms with van der Waals surface area (Å²) in [6, 6.07) is 5.12. The van der Waals surface area contributed by atoms with Crippen LogP contribution >= 0.6 is 0 Å². The first kappa shape index (κ1) is 17.7. The second kappa shape index (κ2) is 8.87. The minimum absolute atomic E-state index is 0.225. The van der Waals surface area contributed by atoms with Crippen LogP contribution < -0.4 is 5.32 Å². The minimum Gasteiger partial charge on any atom is -0.380 e. The van der Waals surface area contributed by atoms with Gasteiger partial charge >= 0.3 is 0 Å². The van der Waals surface area contributed by atoms with Crippen LogP contribution in [0.4, 0.5) is 4.39 Å². The van der Waals surface area contributed by atoms with Crippen molar-refractivity contribution in [2.24, 2.45) is 10.9 Å². The van der Waals surface area contributed by atoms with Gasteiger partial charge in [-0.1, -0.05) is 13.0 Å². The lowest BCUT2D eigenvalue weighted by Crippen LogP contribution is -2.45. The van der Waals surface area contributed by atoms with Gasteiger partial charge in [-0.2, -0.15) is 0 Å². The third-order valence-electron chi connectivity index (χ3n) is 4.24. The highest BCUT2D eigenvalue weighted by molar-refractivity contribution is 5.80. The van der Waals surface area contributed by atoms with E-state index in [9.17, 15) is 4.39 Å². The van der Waals surface area contributed by atoms with Crippen LogP contribution in [-0.4, -0.2) is 37.6 Å². The van der Waals surface area contributed by atoms with Crippen molar-refractivity contribution in [2.45, 2.75) is 39.8 Å². The van der Waals surface area contributed by atoms with Gasteiger partial charge in [0.25, 0.3) is 0 Å². The lowest BCUT2D eigenvalue weighted by atomic mass is 10.00. The third kappa shape index (κ3) is 5.20. The summed E-state index contributed by atoms with van der Waals surface area (Å²) in [5.41, 5.74) is 1.58. The zero-order valence-electron chi connectivity index (χ0n) is 14.4. The van der Waals surface area contributed by atoms with E-state index < -0.39 is 0 Å². The van der Waals surface area contributed by atoms with Crippen molar-refractivity contribution < 1.29 is 9.13 Å². The highest BCUT2D eigenvalue weighted by atomic mass is 19.1. The van der Waals surface area contributed by atoms with E-state index in [4.69, 9.17) is 9.73 Å². The summed E-state index contributed by atoms with van der Waals surface area (Å²) in [5, 5.41) is 3.37. The summed E-state index contributed by atoms with van der Waals surface area (Å²) in [5.74, 6) is 1.52. The second-order valence-electron chi connectivity index (χ2n) is 6.20. The molecule has 23 heavy (non-hydrogen) atoms. The maximum atomic E-state index is 13.7. The van der Waals surface area contributed by atoms with Crippen LogP contribution in [0.15, 0.2) is 23.2 Å². The van der Waals surface area contributed by atoms with E-state index in [1.54, 1.807) is 13.2 Å². The quantitative estimate of drug-likeness (QED) is 0.668. The Labute approximate surface area is 138 Å². The zero-order valence-corrected chi connectivity index (χ0v) is 14.4. The molecule has 1 aliphatic rings. The van der Waals surface area contributed by atoms with E-state index in [1.165, 1.54) is 18.9 Å². The maximum absolute atomic E-state index is 13.7. The molecule has 2 rings (SSSR count). The molecular formula is C18H28FN3O.